The first kappa shape index (κ1) is 12.3. The maximum atomic E-state index is 9.03. The zero-order chi connectivity index (χ0) is 9.94. The number of unbranched alkanes of at least 4 members (excludes halogenated alkanes) is 6. The van der Waals surface area contributed by atoms with Crippen molar-refractivity contribution in [2.75, 3.05) is 0 Å². The Balaban J connectivity index is 3.00. The summed E-state index contributed by atoms with van der Waals surface area (Å²) in [6, 6.07) is 0. The Morgan fingerprint density at radius 1 is 1.08 bits per heavy atom. The number of aliphatic hydroxyl groups excluding tert-OH is 1. The minimum absolute atomic E-state index is 0.327. The van der Waals surface area contributed by atoms with E-state index in [9.17, 15) is 0 Å². The molecule has 2 heteroatoms. The molecule has 0 amide bonds. The van der Waals surface area contributed by atoms with Crippen molar-refractivity contribution in [1.29, 1.82) is 0 Å². The number of aliphatic hydroxyl groups is 1. The van der Waals surface area contributed by atoms with Crippen LogP contribution in [0.15, 0.2) is 12.0 Å². The lowest BCUT2D eigenvalue weighted by atomic mass is 10.1. The molecule has 0 bridgehead atoms. The van der Waals surface area contributed by atoms with E-state index in [1.165, 1.54) is 44.7 Å². The lowest BCUT2D eigenvalue weighted by Gasteiger charge is -2.00. The molecule has 0 aliphatic heterocycles. The second-order valence-corrected chi connectivity index (χ2v) is 3.53. The summed E-state index contributed by atoms with van der Waals surface area (Å²) in [5.74, 6) is 0.327. The molecule has 78 valence electrons. The summed E-state index contributed by atoms with van der Waals surface area (Å²) >= 11 is 0. The maximum Gasteiger partial charge on any atom is 0.108 e. The van der Waals surface area contributed by atoms with Gasteiger partial charge < -0.3 is 10.8 Å². The topological polar surface area (TPSA) is 46.2 Å². The van der Waals surface area contributed by atoms with Crippen LogP contribution in [0.1, 0.15) is 58.3 Å². The SMILES string of the molecule is CCCCCCCCC/C(O)=C/N. The molecular formula is C11H23NO. The predicted octanol–water partition coefficient (Wildman–Crippen LogP) is 3.49. The Bertz CT molecular complexity index is 132. The van der Waals surface area contributed by atoms with Gasteiger partial charge in [0.15, 0.2) is 0 Å². The van der Waals surface area contributed by atoms with Crippen LogP contribution in [0.25, 0.3) is 0 Å². The third-order valence-corrected chi connectivity index (χ3v) is 2.23. The third kappa shape index (κ3) is 9.25. The number of nitrogens with two attached hydrogens (primary N) is 1. The molecule has 3 N–H and O–H groups in total. The van der Waals surface area contributed by atoms with Crippen LogP contribution in [0.5, 0.6) is 0 Å². The molecule has 0 rings (SSSR count). The zero-order valence-electron chi connectivity index (χ0n) is 8.76. The molecule has 0 radical (unpaired) electrons. The van der Waals surface area contributed by atoms with E-state index in [1.54, 1.807) is 0 Å². The molecule has 0 saturated carbocycles. The minimum atomic E-state index is 0.327. The van der Waals surface area contributed by atoms with E-state index in [1.807, 2.05) is 0 Å². The lowest BCUT2D eigenvalue weighted by Crippen LogP contribution is -1.88. The highest BCUT2D eigenvalue weighted by Crippen LogP contribution is 2.10. The fraction of sp³-hybridized carbons (Fsp3) is 0.818. The zero-order valence-corrected chi connectivity index (χ0v) is 8.76. The molecule has 0 spiro atoms. The van der Waals surface area contributed by atoms with Gasteiger partial charge in [0.25, 0.3) is 0 Å². The van der Waals surface area contributed by atoms with Crippen LogP contribution in [0.4, 0.5) is 0 Å². The van der Waals surface area contributed by atoms with Crippen LogP contribution >= 0.6 is 0 Å². The fourth-order valence-corrected chi connectivity index (χ4v) is 1.35. The van der Waals surface area contributed by atoms with E-state index in [0.29, 0.717) is 5.76 Å². The lowest BCUT2D eigenvalue weighted by molar-refractivity contribution is 0.378. The molecule has 0 aliphatic rings. The Labute approximate surface area is 81.8 Å². The van der Waals surface area contributed by atoms with E-state index in [2.05, 4.69) is 6.92 Å². The van der Waals surface area contributed by atoms with E-state index < -0.39 is 0 Å². The van der Waals surface area contributed by atoms with E-state index >= 15 is 0 Å². The van der Waals surface area contributed by atoms with Gasteiger partial charge >= 0.3 is 0 Å². The molecular weight excluding hydrogens is 162 g/mol. The standard InChI is InChI=1S/C11H23NO/c1-2-3-4-5-6-7-8-9-11(13)10-12/h10,13H,2-9,12H2,1H3/b11-10-. The van der Waals surface area contributed by atoms with Crippen molar-refractivity contribution in [3.63, 3.8) is 0 Å². The summed E-state index contributed by atoms with van der Waals surface area (Å²) in [5, 5.41) is 9.03. The van der Waals surface area contributed by atoms with Crippen LogP contribution in [0.3, 0.4) is 0 Å². The first-order chi connectivity index (χ1) is 6.31. The van der Waals surface area contributed by atoms with E-state index in [4.69, 9.17) is 10.8 Å². The Morgan fingerprint density at radius 2 is 1.62 bits per heavy atom. The molecule has 0 saturated heterocycles. The molecule has 0 fully saturated rings. The number of allylic oxidation sites excluding steroid dienone is 1. The summed E-state index contributed by atoms with van der Waals surface area (Å²) in [6.45, 7) is 2.23. The van der Waals surface area contributed by atoms with Gasteiger partial charge in [0.05, 0.1) is 0 Å². The summed E-state index contributed by atoms with van der Waals surface area (Å²) in [6.07, 6.45) is 10.9. The fourth-order valence-electron chi connectivity index (χ4n) is 1.35. The molecule has 2 nitrogen and oxygen atoms in total. The van der Waals surface area contributed by atoms with Crippen molar-refractivity contribution >= 4 is 0 Å². The average molecular weight is 185 g/mol. The van der Waals surface area contributed by atoms with Gasteiger partial charge in [0.1, 0.15) is 5.76 Å². The summed E-state index contributed by atoms with van der Waals surface area (Å²) in [5.41, 5.74) is 5.14. The van der Waals surface area contributed by atoms with Gasteiger partial charge in [-0.1, -0.05) is 45.4 Å². The van der Waals surface area contributed by atoms with Crippen molar-refractivity contribution in [1.82, 2.24) is 0 Å². The Kier molecular flexibility index (Phi) is 8.95. The molecule has 13 heavy (non-hydrogen) atoms. The number of hydrogen-bond acceptors (Lipinski definition) is 2. The first-order valence-corrected chi connectivity index (χ1v) is 5.41. The molecule has 0 atom stereocenters. The van der Waals surface area contributed by atoms with Gasteiger partial charge in [0.2, 0.25) is 0 Å². The van der Waals surface area contributed by atoms with Gasteiger partial charge in [-0.15, -0.1) is 0 Å². The van der Waals surface area contributed by atoms with Gasteiger partial charge in [-0.2, -0.15) is 0 Å². The average Bonchev–Trinajstić information content (AvgIpc) is 2.16. The van der Waals surface area contributed by atoms with Crippen molar-refractivity contribution in [3.05, 3.63) is 12.0 Å². The maximum absolute atomic E-state index is 9.03. The highest BCUT2D eigenvalue weighted by molar-refractivity contribution is 4.85. The number of hydrogen-bond donors (Lipinski definition) is 2. The van der Waals surface area contributed by atoms with Crippen LogP contribution in [-0.2, 0) is 0 Å². The van der Waals surface area contributed by atoms with Crippen molar-refractivity contribution in [3.8, 4) is 0 Å². The minimum Gasteiger partial charge on any atom is -0.511 e. The first-order valence-electron chi connectivity index (χ1n) is 5.41. The van der Waals surface area contributed by atoms with Gasteiger partial charge in [-0.25, -0.2) is 0 Å². The van der Waals surface area contributed by atoms with Crippen molar-refractivity contribution in [2.45, 2.75) is 58.3 Å². The van der Waals surface area contributed by atoms with Gasteiger partial charge in [-0.05, 0) is 6.42 Å². The summed E-state index contributed by atoms with van der Waals surface area (Å²) in [7, 11) is 0. The number of rotatable bonds is 8. The molecule has 0 aromatic rings. The van der Waals surface area contributed by atoms with Crippen molar-refractivity contribution in [2.24, 2.45) is 5.73 Å². The van der Waals surface area contributed by atoms with Crippen LogP contribution in [0.2, 0.25) is 0 Å². The Hall–Kier alpha value is -0.660. The second kappa shape index (κ2) is 9.43. The summed E-state index contributed by atoms with van der Waals surface area (Å²) in [4.78, 5) is 0. The molecule has 0 aliphatic carbocycles. The van der Waals surface area contributed by atoms with Gasteiger partial charge in [0, 0.05) is 12.6 Å². The quantitative estimate of drug-likeness (QED) is 0.449. The monoisotopic (exact) mass is 185 g/mol. The largest absolute Gasteiger partial charge is 0.511 e. The van der Waals surface area contributed by atoms with Crippen LogP contribution < -0.4 is 5.73 Å². The van der Waals surface area contributed by atoms with Crippen molar-refractivity contribution < 1.29 is 5.11 Å². The highest BCUT2D eigenvalue weighted by atomic mass is 16.3. The summed E-state index contributed by atoms with van der Waals surface area (Å²) < 4.78 is 0. The molecule has 0 heterocycles. The normalized spacial score (nSPS) is 11.9. The van der Waals surface area contributed by atoms with Crippen LogP contribution in [0, 0.1) is 0 Å². The molecule has 0 unspecified atom stereocenters. The van der Waals surface area contributed by atoms with Crippen LogP contribution in [-0.4, -0.2) is 5.11 Å². The molecule has 0 aromatic carbocycles. The smallest absolute Gasteiger partial charge is 0.108 e. The predicted molar refractivity (Wildman–Crippen MR) is 57.5 cm³/mol. The Morgan fingerprint density at radius 3 is 2.15 bits per heavy atom. The van der Waals surface area contributed by atoms with E-state index in [-0.39, 0.29) is 0 Å². The highest BCUT2D eigenvalue weighted by Gasteiger charge is 1.93. The van der Waals surface area contributed by atoms with E-state index in [0.717, 1.165) is 12.8 Å². The second-order valence-electron chi connectivity index (χ2n) is 3.53. The third-order valence-electron chi connectivity index (χ3n) is 2.23. The van der Waals surface area contributed by atoms with Gasteiger partial charge in [-0.3, -0.25) is 0 Å². The molecule has 0 aromatic heterocycles.